The van der Waals surface area contributed by atoms with Crippen LogP contribution >= 0.6 is 0 Å². The van der Waals surface area contributed by atoms with Gasteiger partial charge in [0.05, 0.1) is 17.3 Å². The van der Waals surface area contributed by atoms with E-state index in [1.165, 1.54) is 0 Å². The van der Waals surface area contributed by atoms with Gasteiger partial charge in [-0.25, -0.2) is 4.68 Å². The number of carbonyl (C=O) groups excluding carboxylic acids is 2. The van der Waals surface area contributed by atoms with Crippen LogP contribution in [0.4, 0.5) is 5.82 Å². The molecule has 1 unspecified atom stereocenters. The minimum atomic E-state index is -0.521. The van der Waals surface area contributed by atoms with E-state index in [1.807, 2.05) is 69.3 Å². The highest BCUT2D eigenvalue weighted by atomic mass is 16.2. The molecule has 0 aliphatic carbocycles. The smallest absolute Gasteiger partial charge is 0.226 e. The highest BCUT2D eigenvalue weighted by Crippen LogP contribution is 2.38. The lowest BCUT2D eigenvalue weighted by atomic mass is 9.84. The molecule has 0 fully saturated rings. The lowest BCUT2D eigenvalue weighted by molar-refractivity contribution is -0.116. The number of rotatable bonds is 3. The first kappa shape index (κ1) is 17.2. The van der Waals surface area contributed by atoms with Crippen molar-refractivity contribution in [1.29, 1.82) is 0 Å². The zero-order chi connectivity index (χ0) is 19.1. The lowest BCUT2D eigenvalue weighted by Crippen LogP contribution is -2.28. The number of nitrogens with zero attached hydrogens (tertiary/aromatic N) is 2. The predicted molar refractivity (Wildman–Crippen MR) is 105 cm³/mol. The van der Waals surface area contributed by atoms with E-state index in [-0.39, 0.29) is 18.1 Å². The topological polar surface area (TPSA) is 64.0 Å². The number of Topliss-reactive ketones (excluding diaryl/α,β-unsaturated/α-hetero) is 1. The van der Waals surface area contributed by atoms with Crippen LogP contribution in [-0.4, -0.2) is 21.5 Å². The summed E-state index contributed by atoms with van der Waals surface area (Å²) < 4.78 is 1.75. The third-order valence-corrected chi connectivity index (χ3v) is 5.17. The van der Waals surface area contributed by atoms with Gasteiger partial charge < -0.3 is 5.32 Å². The maximum atomic E-state index is 13.3. The molecule has 0 bridgehead atoms. The van der Waals surface area contributed by atoms with Gasteiger partial charge in [-0.15, -0.1) is 0 Å². The Hall–Kier alpha value is -3.21. The lowest BCUT2D eigenvalue weighted by Gasteiger charge is -2.24. The molecule has 1 atom stereocenters. The average Bonchev–Trinajstić information content (AvgIpc) is 2.97. The maximum Gasteiger partial charge on any atom is 0.226 e. The number of nitrogens with one attached hydrogen (secondary N) is 1. The molecule has 0 saturated carbocycles. The molecule has 3 aromatic rings. The molecule has 2 heterocycles. The van der Waals surface area contributed by atoms with Crippen molar-refractivity contribution in [2.45, 2.75) is 33.1 Å². The SMILES string of the molecule is Cc1ccccc1C(=O)C1CC(=O)Nc2c1c(C)nn2-c1ccccc1C. The van der Waals surface area contributed by atoms with Crippen LogP contribution in [0.1, 0.15) is 45.1 Å². The van der Waals surface area contributed by atoms with Crippen molar-refractivity contribution >= 4 is 17.5 Å². The molecule has 1 N–H and O–H groups in total. The molecular formula is C22H21N3O2. The minimum absolute atomic E-state index is 0.0309. The van der Waals surface area contributed by atoms with Gasteiger partial charge in [-0.2, -0.15) is 5.10 Å². The van der Waals surface area contributed by atoms with Gasteiger partial charge in [0.15, 0.2) is 5.78 Å². The molecule has 1 aliphatic rings. The first-order chi connectivity index (χ1) is 13.0. The number of hydrogen-bond donors (Lipinski definition) is 1. The Labute approximate surface area is 158 Å². The van der Waals surface area contributed by atoms with Crippen LogP contribution in [0.25, 0.3) is 5.69 Å². The number of aromatic nitrogens is 2. The summed E-state index contributed by atoms with van der Waals surface area (Å²) in [5.74, 6) is -0.113. The summed E-state index contributed by atoms with van der Waals surface area (Å²) in [4.78, 5) is 25.7. The fourth-order valence-corrected chi connectivity index (χ4v) is 3.78. The molecule has 0 saturated heterocycles. The first-order valence-corrected chi connectivity index (χ1v) is 9.02. The van der Waals surface area contributed by atoms with Gasteiger partial charge in [-0.3, -0.25) is 9.59 Å². The van der Waals surface area contributed by atoms with Crippen LogP contribution in [0.15, 0.2) is 48.5 Å². The van der Waals surface area contributed by atoms with Crippen LogP contribution in [-0.2, 0) is 4.79 Å². The molecule has 2 aromatic carbocycles. The second-order valence-electron chi connectivity index (χ2n) is 7.03. The molecule has 5 nitrogen and oxygen atoms in total. The summed E-state index contributed by atoms with van der Waals surface area (Å²) in [6.07, 6.45) is 0.139. The Morgan fingerprint density at radius 2 is 1.70 bits per heavy atom. The third-order valence-electron chi connectivity index (χ3n) is 5.17. The number of carbonyl (C=O) groups is 2. The Morgan fingerprint density at radius 3 is 2.41 bits per heavy atom. The standard InChI is InChI=1S/C22H21N3O2/c1-13-8-4-6-10-16(13)21(27)17-12-19(26)23-22-20(17)15(3)24-25(22)18-11-7-5-9-14(18)2/h4-11,17H,12H2,1-3H3,(H,23,26). The Kier molecular flexibility index (Phi) is 4.15. The van der Waals surface area contributed by atoms with Crippen LogP contribution in [0, 0.1) is 20.8 Å². The van der Waals surface area contributed by atoms with Gasteiger partial charge in [0.1, 0.15) is 5.82 Å². The molecular weight excluding hydrogens is 338 g/mol. The second-order valence-corrected chi connectivity index (χ2v) is 7.03. The van der Waals surface area contributed by atoms with Crippen molar-refractivity contribution < 1.29 is 9.59 Å². The Morgan fingerprint density at radius 1 is 1.04 bits per heavy atom. The molecule has 27 heavy (non-hydrogen) atoms. The van der Waals surface area contributed by atoms with Crippen molar-refractivity contribution in [3.8, 4) is 5.69 Å². The number of aryl methyl sites for hydroxylation is 3. The van der Waals surface area contributed by atoms with E-state index in [0.29, 0.717) is 11.4 Å². The number of fused-ring (bicyclic) bond motifs is 1. The number of benzene rings is 2. The highest BCUT2D eigenvalue weighted by Gasteiger charge is 2.36. The fourth-order valence-electron chi connectivity index (χ4n) is 3.78. The van der Waals surface area contributed by atoms with E-state index >= 15 is 0 Å². The van der Waals surface area contributed by atoms with Crippen molar-refractivity contribution in [3.63, 3.8) is 0 Å². The Balaban J connectivity index is 1.86. The average molecular weight is 359 g/mol. The minimum Gasteiger partial charge on any atom is -0.310 e. The van der Waals surface area contributed by atoms with E-state index in [9.17, 15) is 9.59 Å². The third kappa shape index (κ3) is 2.85. The zero-order valence-corrected chi connectivity index (χ0v) is 15.6. The van der Waals surface area contributed by atoms with Gasteiger partial charge in [0.25, 0.3) is 0 Å². The van der Waals surface area contributed by atoms with E-state index in [1.54, 1.807) is 4.68 Å². The molecule has 5 heteroatoms. The van der Waals surface area contributed by atoms with E-state index < -0.39 is 5.92 Å². The summed E-state index contributed by atoms with van der Waals surface area (Å²) >= 11 is 0. The molecule has 1 aromatic heterocycles. The fraction of sp³-hybridized carbons (Fsp3) is 0.227. The van der Waals surface area contributed by atoms with Crippen LogP contribution in [0.3, 0.4) is 0 Å². The number of para-hydroxylation sites is 1. The predicted octanol–water partition coefficient (Wildman–Crippen LogP) is 4.11. The number of amides is 1. The summed E-state index contributed by atoms with van der Waals surface area (Å²) in [6.45, 7) is 5.81. The summed E-state index contributed by atoms with van der Waals surface area (Å²) in [5, 5.41) is 7.59. The maximum absolute atomic E-state index is 13.3. The van der Waals surface area contributed by atoms with E-state index in [2.05, 4.69) is 10.4 Å². The van der Waals surface area contributed by atoms with Crippen molar-refractivity contribution in [2.75, 3.05) is 5.32 Å². The normalized spacial score (nSPS) is 16.0. The van der Waals surface area contributed by atoms with Crippen LogP contribution < -0.4 is 5.32 Å². The van der Waals surface area contributed by atoms with Crippen molar-refractivity contribution in [2.24, 2.45) is 0 Å². The summed E-state index contributed by atoms with van der Waals surface area (Å²) in [6, 6.07) is 15.4. The second kappa shape index (κ2) is 6.50. The molecule has 0 radical (unpaired) electrons. The highest BCUT2D eigenvalue weighted by molar-refractivity contribution is 6.08. The summed E-state index contributed by atoms with van der Waals surface area (Å²) in [5.41, 5.74) is 5.09. The molecule has 4 rings (SSSR count). The monoisotopic (exact) mass is 359 g/mol. The Bertz CT molecular complexity index is 1070. The largest absolute Gasteiger partial charge is 0.310 e. The van der Waals surface area contributed by atoms with Crippen LogP contribution in [0.2, 0.25) is 0 Å². The van der Waals surface area contributed by atoms with Gasteiger partial charge in [-0.1, -0.05) is 42.5 Å². The van der Waals surface area contributed by atoms with Crippen molar-refractivity contribution in [1.82, 2.24) is 9.78 Å². The van der Waals surface area contributed by atoms with Crippen LogP contribution in [0.5, 0.6) is 0 Å². The molecule has 1 amide bonds. The van der Waals surface area contributed by atoms with Gasteiger partial charge in [-0.05, 0) is 38.0 Å². The molecule has 136 valence electrons. The number of ketones is 1. The molecule has 1 aliphatic heterocycles. The molecule has 0 spiro atoms. The zero-order valence-electron chi connectivity index (χ0n) is 15.6. The number of hydrogen-bond acceptors (Lipinski definition) is 3. The van der Waals surface area contributed by atoms with Gasteiger partial charge in [0.2, 0.25) is 5.91 Å². The van der Waals surface area contributed by atoms with E-state index in [0.717, 1.165) is 28.1 Å². The van der Waals surface area contributed by atoms with Crippen molar-refractivity contribution in [3.05, 3.63) is 76.5 Å². The van der Waals surface area contributed by atoms with Gasteiger partial charge in [0, 0.05) is 17.5 Å². The quantitative estimate of drug-likeness (QED) is 0.716. The number of anilines is 1. The van der Waals surface area contributed by atoms with Gasteiger partial charge >= 0.3 is 0 Å². The first-order valence-electron chi connectivity index (χ1n) is 9.02. The summed E-state index contributed by atoms with van der Waals surface area (Å²) in [7, 11) is 0. The van der Waals surface area contributed by atoms with E-state index in [4.69, 9.17) is 0 Å².